The standard InChI is InChI=1S/C20H28N2O/c1-7-8-9-10-11-17-12-13-18(19(14-17)22(6)16-23)21(5)15-20(2,3)4/h7-14,16H,1,15H2,2-6H3/b9-8-,11-10+. The average molecular weight is 312 g/mol. The molecule has 0 fully saturated rings. The number of hydrogen-bond donors (Lipinski definition) is 0. The van der Waals surface area contributed by atoms with Crippen molar-refractivity contribution >= 4 is 23.9 Å². The summed E-state index contributed by atoms with van der Waals surface area (Å²) in [5.41, 5.74) is 3.19. The van der Waals surface area contributed by atoms with Gasteiger partial charge in [0.2, 0.25) is 6.41 Å². The van der Waals surface area contributed by atoms with E-state index in [0.717, 1.165) is 29.9 Å². The van der Waals surface area contributed by atoms with Gasteiger partial charge in [-0.2, -0.15) is 0 Å². The van der Waals surface area contributed by atoms with Crippen LogP contribution in [0.25, 0.3) is 6.08 Å². The molecule has 0 bridgehead atoms. The van der Waals surface area contributed by atoms with Crippen molar-refractivity contribution in [2.75, 3.05) is 30.4 Å². The van der Waals surface area contributed by atoms with Crippen molar-refractivity contribution in [1.82, 2.24) is 0 Å². The molecule has 0 aliphatic carbocycles. The van der Waals surface area contributed by atoms with Crippen molar-refractivity contribution in [3.63, 3.8) is 0 Å². The lowest BCUT2D eigenvalue weighted by Gasteiger charge is -2.31. The first kappa shape index (κ1) is 18.8. The number of anilines is 2. The van der Waals surface area contributed by atoms with E-state index in [4.69, 9.17) is 0 Å². The normalized spacial score (nSPS) is 11.9. The van der Waals surface area contributed by atoms with Crippen LogP contribution in [0.4, 0.5) is 11.4 Å². The summed E-state index contributed by atoms with van der Waals surface area (Å²) >= 11 is 0. The molecule has 0 saturated heterocycles. The molecule has 0 heterocycles. The highest BCUT2D eigenvalue weighted by Crippen LogP contribution is 2.31. The summed E-state index contributed by atoms with van der Waals surface area (Å²) in [6.45, 7) is 11.2. The minimum Gasteiger partial charge on any atom is -0.372 e. The zero-order chi connectivity index (χ0) is 17.5. The highest BCUT2D eigenvalue weighted by Gasteiger charge is 2.17. The number of carbonyl (C=O) groups is 1. The van der Waals surface area contributed by atoms with Gasteiger partial charge >= 0.3 is 0 Å². The lowest BCUT2D eigenvalue weighted by Crippen LogP contribution is -2.30. The molecule has 124 valence electrons. The van der Waals surface area contributed by atoms with Gasteiger partial charge in [-0.15, -0.1) is 0 Å². The number of allylic oxidation sites excluding steroid dienone is 4. The minimum atomic E-state index is 0.180. The molecular weight excluding hydrogens is 284 g/mol. The summed E-state index contributed by atoms with van der Waals surface area (Å²) in [5.74, 6) is 0. The Morgan fingerprint density at radius 3 is 2.35 bits per heavy atom. The van der Waals surface area contributed by atoms with Crippen LogP contribution in [0.5, 0.6) is 0 Å². The Morgan fingerprint density at radius 2 is 1.78 bits per heavy atom. The third kappa shape index (κ3) is 6.15. The zero-order valence-corrected chi connectivity index (χ0v) is 14.9. The Morgan fingerprint density at radius 1 is 1.09 bits per heavy atom. The molecule has 1 aromatic rings. The van der Waals surface area contributed by atoms with Gasteiger partial charge in [0.05, 0.1) is 11.4 Å². The maximum Gasteiger partial charge on any atom is 0.213 e. The number of benzene rings is 1. The molecule has 0 radical (unpaired) electrons. The molecule has 0 saturated carbocycles. The van der Waals surface area contributed by atoms with Gasteiger partial charge in [0, 0.05) is 20.6 Å². The Labute approximate surface area is 140 Å². The van der Waals surface area contributed by atoms with E-state index in [0.29, 0.717) is 0 Å². The highest BCUT2D eigenvalue weighted by atomic mass is 16.1. The number of hydrogen-bond acceptors (Lipinski definition) is 2. The van der Waals surface area contributed by atoms with Crippen molar-refractivity contribution in [1.29, 1.82) is 0 Å². The van der Waals surface area contributed by atoms with Crippen molar-refractivity contribution < 1.29 is 4.79 Å². The van der Waals surface area contributed by atoms with Crippen LogP contribution in [-0.2, 0) is 4.79 Å². The maximum absolute atomic E-state index is 11.2. The van der Waals surface area contributed by atoms with E-state index in [1.807, 2.05) is 30.4 Å². The summed E-state index contributed by atoms with van der Waals surface area (Å²) in [6, 6.07) is 6.16. The van der Waals surface area contributed by atoms with Gasteiger partial charge in [-0.05, 0) is 23.1 Å². The van der Waals surface area contributed by atoms with Crippen LogP contribution in [0.3, 0.4) is 0 Å². The van der Waals surface area contributed by atoms with Crippen LogP contribution in [0.15, 0.2) is 49.1 Å². The second kappa shape index (κ2) is 8.37. The molecule has 0 unspecified atom stereocenters. The fraction of sp³-hybridized carbons (Fsp3) is 0.350. The molecule has 3 heteroatoms. The largest absolute Gasteiger partial charge is 0.372 e. The van der Waals surface area contributed by atoms with Crippen molar-refractivity contribution in [3.05, 3.63) is 54.6 Å². The third-order valence-electron chi connectivity index (χ3n) is 3.31. The van der Waals surface area contributed by atoms with E-state index < -0.39 is 0 Å². The lowest BCUT2D eigenvalue weighted by atomic mass is 9.96. The number of nitrogens with zero attached hydrogens (tertiary/aromatic N) is 2. The molecule has 0 aromatic heterocycles. The minimum absolute atomic E-state index is 0.180. The Hall–Kier alpha value is -2.29. The van der Waals surface area contributed by atoms with E-state index in [1.54, 1.807) is 18.0 Å². The predicted octanol–water partition coefficient (Wildman–Crippen LogP) is 4.52. The molecule has 1 rings (SSSR count). The summed E-state index contributed by atoms with van der Waals surface area (Å²) in [7, 11) is 3.84. The first-order valence-electron chi connectivity index (χ1n) is 7.77. The van der Waals surface area contributed by atoms with Crippen molar-refractivity contribution in [2.24, 2.45) is 5.41 Å². The second-order valence-electron chi connectivity index (χ2n) is 6.86. The third-order valence-corrected chi connectivity index (χ3v) is 3.31. The summed E-state index contributed by atoms with van der Waals surface area (Å²) in [5, 5.41) is 0. The number of carbonyl (C=O) groups excluding carboxylic acids is 1. The summed E-state index contributed by atoms with van der Waals surface area (Å²) in [6.07, 6.45) is 10.3. The average Bonchev–Trinajstić information content (AvgIpc) is 2.49. The van der Waals surface area contributed by atoms with Gasteiger partial charge in [-0.1, -0.05) is 63.8 Å². The van der Waals surface area contributed by atoms with Crippen molar-refractivity contribution in [2.45, 2.75) is 20.8 Å². The first-order valence-corrected chi connectivity index (χ1v) is 7.77. The van der Waals surface area contributed by atoms with E-state index in [1.165, 1.54) is 0 Å². The van der Waals surface area contributed by atoms with E-state index in [-0.39, 0.29) is 5.41 Å². The Balaban J connectivity index is 3.16. The lowest BCUT2D eigenvalue weighted by molar-refractivity contribution is -0.107. The topological polar surface area (TPSA) is 23.6 Å². The van der Waals surface area contributed by atoms with Crippen molar-refractivity contribution in [3.8, 4) is 0 Å². The predicted molar refractivity (Wildman–Crippen MR) is 102 cm³/mol. The molecule has 1 aromatic carbocycles. The van der Waals surface area contributed by atoms with Crippen LogP contribution in [0.2, 0.25) is 0 Å². The second-order valence-corrected chi connectivity index (χ2v) is 6.86. The molecule has 0 atom stereocenters. The van der Waals surface area contributed by atoms with Crippen LogP contribution in [-0.4, -0.2) is 27.1 Å². The highest BCUT2D eigenvalue weighted by molar-refractivity contribution is 5.85. The molecule has 0 aliphatic heterocycles. The molecule has 1 amide bonds. The van der Waals surface area contributed by atoms with Gasteiger partial charge in [0.25, 0.3) is 0 Å². The molecule has 0 N–H and O–H groups in total. The zero-order valence-electron chi connectivity index (χ0n) is 14.9. The number of amides is 1. The smallest absolute Gasteiger partial charge is 0.213 e. The first-order chi connectivity index (χ1) is 10.8. The summed E-state index contributed by atoms with van der Waals surface area (Å²) < 4.78 is 0. The van der Waals surface area contributed by atoms with Crippen LogP contribution in [0.1, 0.15) is 26.3 Å². The Kier molecular flexibility index (Phi) is 6.83. The quantitative estimate of drug-likeness (QED) is 0.546. The fourth-order valence-corrected chi connectivity index (χ4v) is 2.41. The van der Waals surface area contributed by atoms with E-state index in [9.17, 15) is 4.79 Å². The van der Waals surface area contributed by atoms with E-state index >= 15 is 0 Å². The molecule has 23 heavy (non-hydrogen) atoms. The molecular formula is C20H28N2O. The Bertz CT molecular complexity index is 594. The van der Waals surface area contributed by atoms with Crippen LogP contribution < -0.4 is 9.80 Å². The van der Waals surface area contributed by atoms with E-state index in [2.05, 4.69) is 51.4 Å². The molecule has 0 aliphatic rings. The van der Waals surface area contributed by atoms with Gasteiger partial charge < -0.3 is 9.80 Å². The van der Waals surface area contributed by atoms with Crippen LogP contribution in [0, 0.1) is 5.41 Å². The molecule has 3 nitrogen and oxygen atoms in total. The molecule has 0 spiro atoms. The SMILES string of the molecule is C=C/C=C\C=C\c1ccc(N(C)CC(C)(C)C)c(N(C)C=O)c1. The maximum atomic E-state index is 11.2. The van der Waals surface area contributed by atoms with Gasteiger partial charge in [0.15, 0.2) is 0 Å². The fourth-order valence-electron chi connectivity index (χ4n) is 2.41. The van der Waals surface area contributed by atoms with Crippen LogP contribution >= 0.6 is 0 Å². The number of rotatable bonds is 7. The van der Waals surface area contributed by atoms with Gasteiger partial charge in [-0.3, -0.25) is 4.79 Å². The van der Waals surface area contributed by atoms with Gasteiger partial charge in [-0.25, -0.2) is 0 Å². The summed E-state index contributed by atoms with van der Waals surface area (Å²) in [4.78, 5) is 15.1. The monoisotopic (exact) mass is 312 g/mol. The van der Waals surface area contributed by atoms with Gasteiger partial charge in [0.1, 0.15) is 0 Å².